The molecule has 0 spiro atoms. The van der Waals surface area contributed by atoms with Crippen molar-refractivity contribution in [3.8, 4) is 5.75 Å². The van der Waals surface area contributed by atoms with E-state index in [-0.39, 0.29) is 11.9 Å². The number of nitrogens with zero attached hydrogens (tertiary/aromatic N) is 2. The molecule has 0 unspecified atom stereocenters. The number of rotatable bonds is 7. The highest BCUT2D eigenvalue weighted by Gasteiger charge is 2.38. The Morgan fingerprint density at radius 3 is 2.54 bits per heavy atom. The van der Waals surface area contributed by atoms with Gasteiger partial charge >= 0.3 is 0 Å². The number of hydrogen-bond donors (Lipinski definition) is 0. The highest BCUT2D eigenvalue weighted by molar-refractivity contribution is 9.10. The van der Waals surface area contributed by atoms with E-state index in [4.69, 9.17) is 9.73 Å². The standard InChI is InChI=1S/C35H33BrN2O2S/c1-2-25-11-7-9-18-31(25)37-35-38(28-15-4-3-5-16-28)34(39)33(41-35)22-24-19-20-32(30(36)21-24)40-23-27-14-10-13-26-12-6-8-17-29(26)27/h6-14,17-22,28H,2-5,15-16,23H2,1H3/b33-22+,37-35?. The van der Waals surface area contributed by atoms with E-state index in [9.17, 15) is 4.79 Å². The number of amides is 1. The maximum Gasteiger partial charge on any atom is 0.267 e. The quantitative estimate of drug-likeness (QED) is 0.192. The van der Waals surface area contributed by atoms with Gasteiger partial charge in [-0.1, -0.05) is 92.9 Å². The molecule has 1 saturated carbocycles. The van der Waals surface area contributed by atoms with Crippen LogP contribution >= 0.6 is 27.7 Å². The first-order valence-electron chi connectivity index (χ1n) is 14.4. The molecule has 1 aliphatic heterocycles. The van der Waals surface area contributed by atoms with Crippen LogP contribution in [0.15, 0.2) is 99.3 Å². The Bertz CT molecular complexity index is 1640. The fourth-order valence-electron chi connectivity index (χ4n) is 5.70. The third kappa shape index (κ3) is 6.14. The molecule has 4 aromatic carbocycles. The van der Waals surface area contributed by atoms with Crippen molar-refractivity contribution in [3.05, 3.63) is 111 Å². The van der Waals surface area contributed by atoms with Gasteiger partial charge in [0.15, 0.2) is 5.17 Å². The zero-order valence-electron chi connectivity index (χ0n) is 23.2. The van der Waals surface area contributed by atoms with Gasteiger partial charge in [0, 0.05) is 6.04 Å². The minimum absolute atomic E-state index is 0.0574. The number of hydrogen-bond acceptors (Lipinski definition) is 4. The van der Waals surface area contributed by atoms with Gasteiger partial charge in [0.25, 0.3) is 5.91 Å². The van der Waals surface area contributed by atoms with Crippen molar-refractivity contribution < 1.29 is 9.53 Å². The number of aryl methyl sites for hydroxylation is 1. The van der Waals surface area contributed by atoms with Gasteiger partial charge in [0.05, 0.1) is 15.1 Å². The molecule has 1 aliphatic carbocycles. The summed E-state index contributed by atoms with van der Waals surface area (Å²) >= 11 is 5.19. The van der Waals surface area contributed by atoms with Gasteiger partial charge in [-0.25, -0.2) is 4.99 Å². The molecule has 4 nitrogen and oxygen atoms in total. The summed E-state index contributed by atoms with van der Waals surface area (Å²) in [5.41, 5.74) is 4.23. The van der Waals surface area contributed by atoms with E-state index in [1.165, 1.54) is 34.5 Å². The van der Waals surface area contributed by atoms with Crippen LogP contribution in [0.1, 0.15) is 55.7 Å². The Morgan fingerprint density at radius 1 is 0.951 bits per heavy atom. The SMILES string of the molecule is CCc1ccccc1N=C1S/C(=C/c2ccc(OCc3cccc4ccccc34)c(Br)c2)C(=O)N1C1CCCCC1. The van der Waals surface area contributed by atoms with Crippen molar-refractivity contribution in [2.45, 2.75) is 58.1 Å². The van der Waals surface area contributed by atoms with Gasteiger partial charge in [-0.15, -0.1) is 0 Å². The Balaban J connectivity index is 1.25. The number of thioether (sulfide) groups is 1. The fourth-order valence-corrected chi connectivity index (χ4v) is 7.26. The second kappa shape index (κ2) is 12.7. The number of ether oxygens (including phenoxy) is 1. The number of carbonyl (C=O) groups excluding carboxylic acids is 1. The van der Waals surface area contributed by atoms with Crippen LogP contribution in [0.3, 0.4) is 0 Å². The van der Waals surface area contributed by atoms with Crippen LogP contribution in [0.2, 0.25) is 0 Å². The summed E-state index contributed by atoms with van der Waals surface area (Å²) in [5.74, 6) is 0.828. The van der Waals surface area contributed by atoms with Crippen molar-refractivity contribution in [2.75, 3.05) is 0 Å². The topological polar surface area (TPSA) is 41.9 Å². The fraction of sp³-hybridized carbons (Fsp3) is 0.257. The second-order valence-electron chi connectivity index (χ2n) is 10.6. The Kier molecular flexibility index (Phi) is 8.59. The molecular formula is C35H33BrN2O2S. The van der Waals surface area contributed by atoms with Gasteiger partial charge in [-0.3, -0.25) is 9.69 Å². The second-order valence-corrected chi connectivity index (χ2v) is 12.4. The molecule has 1 heterocycles. The third-order valence-electron chi connectivity index (χ3n) is 7.88. The first-order valence-corrected chi connectivity index (χ1v) is 16.0. The number of fused-ring (bicyclic) bond motifs is 1. The molecule has 4 aromatic rings. The maximum absolute atomic E-state index is 13.8. The summed E-state index contributed by atoms with van der Waals surface area (Å²) in [6.07, 6.45) is 8.50. The molecule has 6 rings (SSSR count). The molecule has 1 amide bonds. The Hall–Kier alpha value is -3.35. The average Bonchev–Trinajstić information content (AvgIpc) is 3.31. The zero-order valence-corrected chi connectivity index (χ0v) is 25.6. The molecule has 1 saturated heterocycles. The molecule has 0 N–H and O–H groups in total. The monoisotopic (exact) mass is 624 g/mol. The summed E-state index contributed by atoms with van der Waals surface area (Å²) in [4.78, 5) is 21.5. The van der Waals surface area contributed by atoms with Gasteiger partial charge in [0.1, 0.15) is 12.4 Å². The summed E-state index contributed by atoms with van der Waals surface area (Å²) in [6, 6.07) is 29.1. The lowest BCUT2D eigenvalue weighted by Crippen LogP contribution is -2.40. The van der Waals surface area contributed by atoms with E-state index >= 15 is 0 Å². The van der Waals surface area contributed by atoms with E-state index in [2.05, 4.69) is 71.4 Å². The van der Waals surface area contributed by atoms with Crippen LogP contribution in [0, 0.1) is 0 Å². The summed E-state index contributed by atoms with van der Waals surface area (Å²) in [5, 5.41) is 3.20. The predicted molar refractivity (Wildman–Crippen MR) is 175 cm³/mol. The van der Waals surface area contributed by atoms with Crippen LogP contribution in [-0.2, 0) is 17.8 Å². The van der Waals surface area contributed by atoms with Gasteiger partial charge in [0.2, 0.25) is 0 Å². The van der Waals surface area contributed by atoms with Crippen LogP contribution in [0.4, 0.5) is 5.69 Å². The molecule has 2 aliphatic rings. The maximum atomic E-state index is 13.8. The van der Waals surface area contributed by atoms with Crippen LogP contribution < -0.4 is 4.74 Å². The highest BCUT2D eigenvalue weighted by atomic mass is 79.9. The van der Waals surface area contributed by atoms with Crippen LogP contribution in [-0.4, -0.2) is 22.0 Å². The van der Waals surface area contributed by atoms with E-state index in [1.807, 2.05) is 47.4 Å². The molecular weight excluding hydrogens is 592 g/mol. The molecule has 0 atom stereocenters. The molecule has 0 bridgehead atoms. The lowest BCUT2D eigenvalue weighted by atomic mass is 9.94. The van der Waals surface area contributed by atoms with E-state index < -0.39 is 0 Å². The van der Waals surface area contributed by atoms with Crippen LogP contribution in [0.5, 0.6) is 5.75 Å². The first kappa shape index (κ1) is 27.8. The van der Waals surface area contributed by atoms with E-state index in [1.54, 1.807) is 0 Å². The Morgan fingerprint density at radius 2 is 1.71 bits per heavy atom. The van der Waals surface area contributed by atoms with Gasteiger partial charge in [-0.05, 0) is 98.7 Å². The molecule has 6 heteroatoms. The largest absolute Gasteiger partial charge is 0.488 e. The number of aliphatic imine (C=N–C) groups is 1. The number of amidine groups is 1. The van der Waals surface area contributed by atoms with Crippen molar-refractivity contribution in [3.63, 3.8) is 0 Å². The smallest absolute Gasteiger partial charge is 0.267 e. The Labute approximate surface area is 254 Å². The average molecular weight is 626 g/mol. The number of benzene rings is 4. The van der Waals surface area contributed by atoms with Crippen molar-refractivity contribution in [1.82, 2.24) is 4.90 Å². The molecule has 2 fully saturated rings. The van der Waals surface area contributed by atoms with Crippen molar-refractivity contribution in [2.24, 2.45) is 4.99 Å². The lowest BCUT2D eigenvalue weighted by Gasteiger charge is -2.30. The molecule has 0 radical (unpaired) electrons. The highest BCUT2D eigenvalue weighted by Crippen LogP contribution is 2.39. The lowest BCUT2D eigenvalue weighted by molar-refractivity contribution is -0.124. The number of carbonyl (C=O) groups is 1. The molecule has 208 valence electrons. The van der Waals surface area contributed by atoms with E-state index in [0.29, 0.717) is 11.5 Å². The minimum Gasteiger partial charge on any atom is -0.488 e. The molecule has 41 heavy (non-hydrogen) atoms. The summed E-state index contributed by atoms with van der Waals surface area (Å²) < 4.78 is 7.07. The van der Waals surface area contributed by atoms with Crippen molar-refractivity contribution in [1.29, 1.82) is 0 Å². The predicted octanol–water partition coefficient (Wildman–Crippen LogP) is 9.68. The minimum atomic E-state index is 0.0574. The number of para-hydroxylation sites is 1. The normalized spacial score (nSPS) is 18.1. The number of halogens is 1. The molecule has 0 aromatic heterocycles. The zero-order chi connectivity index (χ0) is 28.2. The third-order valence-corrected chi connectivity index (χ3v) is 9.48. The summed E-state index contributed by atoms with van der Waals surface area (Å²) in [7, 11) is 0. The first-order chi connectivity index (χ1) is 20.1. The van der Waals surface area contributed by atoms with Gasteiger partial charge in [-0.2, -0.15) is 0 Å². The van der Waals surface area contributed by atoms with Crippen molar-refractivity contribution >= 4 is 61.3 Å². The van der Waals surface area contributed by atoms with E-state index in [0.717, 1.165) is 64.3 Å². The van der Waals surface area contributed by atoms with Crippen LogP contribution in [0.25, 0.3) is 16.8 Å². The van der Waals surface area contributed by atoms with Gasteiger partial charge < -0.3 is 4.74 Å². The summed E-state index contributed by atoms with van der Waals surface area (Å²) in [6.45, 7) is 2.62.